The Morgan fingerprint density at radius 2 is 1.10 bits per heavy atom. The van der Waals surface area contributed by atoms with E-state index >= 15 is 0 Å². The number of hydrogen-bond donors (Lipinski definition) is 1. The topological polar surface area (TPSA) is 55.4 Å². The highest BCUT2D eigenvalue weighted by Crippen LogP contribution is 2.18. The van der Waals surface area contributed by atoms with Gasteiger partial charge in [-0.3, -0.25) is 9.59 Å². The summed E-state index contributed by atoms with van der Waals surface area (Å²) in [5.74, 6) is 0.328. The summed E-state index contributed by atoms with van der Waals surface area (Å²) in [5, 5.41) is 2.92. The zero-order chi connectivity index (χ0) is 30.4. The van der Waals surface area contributed by atoms with E-state index in [0.717, 1.165) is 57.8 Å². The van der Waals surface area contributed by atoms with Crippen LogP contribution in [0.4, 0.5) is 5.69 Å². The highest BCUT2D eigenvalue weighted by Gasteiger charge is 2.06. The van der Waals surface area contributed by atoms with E-state index in [1.165, 1.54) is 44.9 Å². The summed E-state index contributed by atoms with van der Waals surface area (Å²) in [4.78, 5) is 24.4. The Bertz CT molecular complexity index is 953. The molecule has 0 heterocycles. The predicted molar refractivity (Wildman–Crippen MR) is 181 cm³/mol. The number of hydrogen-bond acceptors (Lipinski definition) is 3. The molecule has 1 aromatic carbocycles. The molecular weight excluding hydrogens is 518 g/mol. The van der Waals surface area contributed by atoms with Crippen molar-refractivity contribution in [2.24, 2.45) is 0 Å². The van der Waals surface area contributed by atoms with Crippen LogP contribution in [0.1, 0.15) is 129 Å². The smallest absolute Gasteiger partial charge is 0.311 e. The molecule has 0 radical (unpaired) electrons. The van der Waals surface area contributed by atoms with E-state index in [4.69, 9.17) is 4.74 Å². The molecule has 1 N–H and O–H groups in total. The molecule has 0 aliphatic carbocycles. The number of rotatable bonds is 25. The Morgan fingerprint density at radius 1 is 0.595 bits per heavy atom. The maximum absolute atomic E-state index is 12.2. The van der Waals surface area contributed by atoms with E-state index in [0.29, 0.717) is 24.3 Å². The van der Waals surface area contributed by atoms with E-state index in [-0.39, 0.29) is 11.9 Å². The molecule has 1 amide bonds. The first kappa shape index (κ1) is 36.9. The third-order valence-electron chi connectivity index (χ3n) is 6.79. The lowest BCUT2D eigenvalue weighted by Crippen LogP contribution is -2.11. The summed E-state index contributed by atoms with van der Waals surface area (Å²) in [6, 6.07) is 7.04. The number of carbonyl (C=O) groups excluding carboxylic acids is 2. The Kier molecular flexibility index (Phi) is 24.6. The summed E-state index contributed by atoms with van der Waals surface area (Å²) in [6.45, 7) is 4.39. The minimum Gasteiger partial charge on any atom is -0.427 e. The van der Waals surface area contributed by atoms with Crippen LogP contribution in [0.5, 0.6) is 5.75 Å². The molecular formula is C38H57NO3. The van der Waals surface area contributed by atoms with Gasteiger partial charge in [-0.25, -0.2) is 0 Å². The molecule has 0 unspecified atom stereocenters. The maximum Gasteiger partial charge on any atom is 0.311 e. The summed E-state index contributed by atoms with van der Waals surface area (Å²) in [6.07, 6.45) is 40.5. The van der Waals surface area contributed by atoms with Crippen LogP contribution in [0.25, 0.3) is 0 Å². The van der Waals surface area contributed by atoms with Crippen molar-refractivity contribution in [3.63, 3.8) is 0 Å². The highest BCUT2D eigenvalue weighted by atomic mass is 16.5. The van der Waals surface area contributed by atoms with Gasteiger partial charge in [0.1, 0.15) is 5.75 Å². The van der Waals surface area contributed by atoms with Crippen molar-refractivity contribution in [3.05, 3.63) is 85.0 Å². The van der Waals surface area contributed by atoms with Crippen molar-refractivity contribution < 1.29 is 14.3 Å². The predicted octanol–water partition coefficient (Wildman–Crippen LogP) is 11.4. The number of unbranched alkanes of at least 4 members (excludes halogenated alkanes) is 9. The molecule has 1 aromatic rings. The number of ether oxygens (including phenoxy) is 1. The molecule has 0 aliphatic heterocycles. The molecule has 42 heavy (non-hydrogen) atoms. The van der Waals surface area contributed by atoms with Gasteiger partial charge >= 0.3 is 5.97 Å². The molecule has 1 rings (SSSR count). The quantitative estimate of drug-likeness (QED) is 0.0546. The average molecular weight is 576 g/mol. The number of nitrogens with one attached hydrogen (secondary N) is 1. The van der Waals surface area contributed by atoms with Crippen LogP contribution in [0.2, 0.25) is 0 Å². The first-order valence-electron chi connectivity index (χ1n) is 16.5. The number of anilines is 1. The van der Waals surface area contributed by atoms with Crippen LogP contribution in [0.15, 0.2) is 85.0 Å². The summed E-state index contributed by atoms with van der Waals surface area (Å²) in [5.41, 5.74) is 0.716. The zero-order valence-electron chi connectivity index (χ0n) is 26.5. The fraction of sp³-hybridized carbons (Fsp3) is 0.526. The monoisotopic (exact) mass is 575 g/mol. The lowest BCUT2D eigenvalue weighted by Gasteiger charge is -2.07. The molecule has 0 saturated carbocycles. The van der Waals surface area contributed by atoms with E-state index < -0.39 is 0 Å². The van der Waals surface area contributed by atoms with Gasteiger partial charge in [0.05, 0.1) is 0 Å². The summed E-state index contributed by atoms with van der Waals surface area (Å²) < 4.78 is 5.44. The Labute approximate surface area is 257 Å². The van der Waals surface area contributed by atoms with Gasteiger partial charge < -0.3 is 10.1 Å². The second-order valence-corrected chi connectivity index (χ2v) is 10.7. The zero-order valence-corrected chi connectivity index (χ0v) is 26.5. The number of allylic oxidation sites excluding steroid dienone is 10. The minimum atomic E-state index is -0.190. The second-order valence-electron chi connectivity index (χ2n) is 10.7. The standard InChI is InChI=1S/C38H57NO3/c1-3-5-7-9-11-13-14-15-16-17-18-19-20-22-23-25-27-29-37(40)39-35-31-33-36(34-32-35)42-38(41)30-28-26-24-21-12-10-8-6-4-2/h5,7,11,13,15-16,18-19,22-23,31-34H,3-4,6,8-10,12,14,17,20-21,24-30H2,1-2H3,(H,39,40)/b7-5-,13-11-,16-15-,19-18-,23-22-. The first-order valence-corrected chi connectivity index (χ1v) is 16.5. The molecule has 0 saturated heterocycles. The van der Waals surface area contributed by atoms with Gasteiger partial charge in [-0.1, -0.05) is 126 Å². The molecule has 0 spiro atoms. The van der Waals surface area contributed by atoms with Gasteiger partial charge in [-0.05, 0) is 75.6 Å². The lowest BCUT2D eigenvalue weighted by atomic mass is 10.1. The first-order chi connectivity index (χ1) is 20.7. The SMILES string of the molecule is CC/C=C\C/C=C\C/C=C\C/C=C\C/C=C\CCCC(=O)Nc1ccc(OC(=O)CCCCCCCCCCC)cc1. The molecule has 0 aliphatic rings. The van der Waals surface area contributed by atoms with Gasteiger partial charge in [0.15, 0.2) is 0 Å². The minimum absolute atomic E-state index is 0.00235. The lowest BCUT2D eigenvalue weighted by molar-refractivity contribution is -0.134. The summed E-state index contributed by atoms with van der Waals surface area (Å²) in [7, 11) is 0. The van der Waals surface area contributed by atoms with E-state index in [9.17, 15) is 9.59 Å². The van der Waals surface area contributed by atoms with Crippen molar-refractivity contribution in [1.29, 1.82) is 0 Å². The van der Waals surface area contributed by atoms with E-state index in [2.05, 4.69) is 79.9 Å². The second kappa shape index (κ2) is 28.0. The number of esters is 1. The number of amides is 1. The Hall–Kier alpha value is -3.14. The molecule has 0 fully saturated rings. The average Bonchev–Trinajstić information content (AvgIpc) is 2.99. The Morgan fingerprint density at radius 3 is 1.64 bits per heavy atom. The highest BCUT2D eigenvalue weighted by molar-refractivity contribution is 5.90. The van der Waals surface area contributed by atoms with Crippen LogP contribution in [-0.2, 0) is 9.59 Å². The maximum atomic E-state index is 12.2. The van der Waals surface area contributed by atoms with Gasteiger partial charge in [0, 0.05) is 18.5 Å². The van der Waals surface area contributed by atoms with Crippen molar-refractivity contribution in [1.82, 2.24) is 0 Å². The molecule has 0 bridgehead atoms. The third-order valence-corrected chi connectivity index (χ3v) is 6.79. The van der Waals surface area contributed by atoms with Crippen LogP contribution >= 0.6 is 0 Å². The van der Waals surface area contributed by atoms with E-state index in [1.54, 1.807) is 24.3 Å². The van der Waals surface area contributed by atoms with Crippen LogP contribution in [0, 0.1) is 0 Å². The molecule has 4 heteroatoms. The normalized spacial score (nSPS) is 12.0. The fourth-order valence-corrected chi connectivity index (χ4v) is 4.34. The number of carbonyl (C=O) groups is 2. The molecule has 0 aromatic heterocycles. The molecule has 4 nitrogen and oxygen atoms in total. The number of benzene rings is 1. The fourth-order valence-electron chi connectivity index (χ4n) is 4.34. The van der Waals surface area contributed by atoms with Crippen molar-refractivity contribution in [2.45, 2.75) is 129 Å². The van der Waals surface area contributed by atoms with Crippen LogP contribution < -0.4 is 10.1 Å². The molecule has 232 valence electrons. The van der Waals surface area contributed by atoms with Gasteiger partial charge in [-0.2, -0.15) is 0 Å². The van der Waals surface area contributed by atoms with Gasteiger partial charge in [0.2, 0.25) is 5.91 Å². The third kappa shape index (κ3) is 23.6. The van der Waals surface area contributed by atoms with Gasteiger partial charge in [-0.15, -0.1) is 0 Å². The van der Waals surface area contributed by atoms with Crippen molar-refractivity contribution in [2.75, 3.05) is 5.32 Å². The molecule has 0 atom stereocenters. The van der Waals surface area contributed by atoms with Crippen molar-refractivity contribution in [3.8, 4) is 5.75 Å². The van der Waals surface area contributed by atoms with E-state index in [1.807, 2.05) is 0 Å². The van der Waals surface area contributed by atoms with Gasteiger partial charge in [0.25, 0.3) is 0 Å². The van der Waals surface area contributed by atoms with Crippen LogP contribution in [0.3, 0.4) is 0 Å². The van der Waals surface area contributed by atoms with Crippen molar-refractivity contribution >= 4 is 17.6 Å². The summed E-state index contributed by atoms with van der Waals surface area (Å²) >= 11 is 0. The largest absolute Gasteiger partial charge is 0.427 e. The van der Waals surface area contributed by atoms with Crippen LogP contribution in [-0.4, -0.2) is 11.9 Å². The Balaban J connectivity index is 2.07.